The van der Waals surface area contributed by atoms with Crippen LogP contribution in [0, 0.1) is 0 Å². The number of halogens is 4. The Morgan fingerprint density at radius 1 is 1.22 bits per heavy atom. The van der Waals surface area contributed by atoms with Gasteiger partial charge in [0.1, 0.15) is 12.1 Å². The molecule has 1 atom stereocenters. The van der Waals surface area contributed by atoms with E-state index in [2.05, 4.69) is 5.32 Å². The Labute approximate surface area is 159 Å². The van der Waals surface area contributed by atoms with Gasteiger partial charge in [-0.3, -0.25) is 9.59 Å². The first-order valence-corrected chi connectivity index (χ1v) is 8.43. The fraction of sp³-hybridized carbons (Fsp3) is 0.333. The first-order chi connectivity index (χ1) is 12.6. The van der Waals surface area contributed by atoms with Crippen molar-refractivity contribution >= 4 is 17.5 Å². The van der Waals surface area contributed by atoms with Crippen LogP contribution in [-0.2, 0) is 17.5 Å². The standard InChI is InChI=1S/C18H19ClF3N3O2/c1-24(2)15(12-6-3-4-8-14(12)19)10-23-16(26)11-25-9-5-7-13(17(25)27)18(20,21)22/h3-9,15H,10-11H2,1-2H3,(H,23,26). The van der Waals surface area contributed by atoms with Crippen LogP contribution < -0.4 is 10.9 Å². The average molecular weight is 402 g/mol. The molecule has 0 spiro atoms. The predicted molar refractivity (Wildman–Crippen MR) is 96.6 cm³/mol. The number of carbonyl (C=O) groups excluding carboxylic acids is 1. The van der Waals surface area contributed by atoms with Gasteiger partial charge in [-0.05, 0) is 37.9 Å². The Bertz CT molecular complexity index is 865. The van der Waals surface area contributed by atoms with Crippen LogP contribution in [0.15, 0.2) is 47.4 Å². The molecule has 1 unspecified atom stereocenters. The second kappa shape index (κ2) is 8.58. The lowest BCUT2D eigenvalue weighted by molar-refractivity contribution is -0.139. The van der Waals surface area contributed by atoms with E-state index in [0.29, 0.717) is 11.1 Å². The van der Waals surface area contributed by atoms with Crippen molar-refractivity contribution in [1.29, 1.82) is 0 Å². The molecule has 1 N–H and O–H groups in total. The highest BCUT2D eigenvalue weighted by Crippen LogP contribution is 2.26. The minimum absolute atomic E-state index is 0.184. The summed E-state index contributed by atoms with van der Waals surface area (Å²) in [5.74, 6) is -0.574. The molecule has 2 rings (SSSR count). The number of pyridine rings is 1. The summed E-state index contributed by atoms with van der Waals surface area (Å²) in [7, 11) is 3.63. The third-order valence-electron chi connectivity index (χ3n) is 4.02. The lowest BCUT2D eigenvalue weighted by atomic mass is 10.1. The van der Waals surface area contributed by atoms with E-state index in [0.717, 1.165) is 22.4 Å². The molecule has 146 valence electrons. The van der Waals surface area contributed by atoms with Crippen LogP contribution in [0.4, 0.5) is 13.2 Å². The van der Waals surface area contributed by atoms with Crippen LogP contribution in [0.3, 0.4) is 0 Å². The Morgan fingerprint density at radius 3 is 2.48 bits per heavy atom. The molecule has 0 aliphatic heterocycles. The summed E-state index contributed by atoms with van der Waals surface area (Å²) in [6, 6.07) is 8.72. The molecule has 0 radical (unpaired) electrons. The molecule has 0 saturated heterocycles. The van der Waals surface area contributed by atoms with Gasteiger partial charge in [0.05, 0.1) is 6.04 Å². The van der Waals surface area contributed by atoms with Crippen molar-refractivity contribution in [3.63, 3.8) is 0 Å². The summed E-state index contributed by atoms with van der Waals surface area (Å²) >= 11 is 6.20. The van der Waals surface area contributed by atoms with Crippen molar-refractivity contribution in [3.05, 3.63) is 69.1 Å². The molecule has 27 heavy (non-hydrogen) atoms. The van der Waals surface area contributed by atoms with Gasteiger partial charge in [0.15, 0.2) is 0 Å². The van der Waals surface area contributed by atoms with Crippen molar-refractivity contribution in [1.82, 2.24) is 14.8 Å². The third kappa shape index (κ3) is 5.33. The van der Waals surface area contributed by atoms with Gasteiger partial charge in [-0.15, -0.1) is 0 Å². The molecule has 0 saturated carbocycles. The molecule has 1 amide bonds. The van der Waals surface area contributed by atoms with E-state index < -0.39 is 29.8 Å². The molecule has 0 aliphatic carbocycles. The monoisotopic (exact) mass is 401 g/mol. The highest BCUT2D eigenvalue weighted by atomic mass is 35.5. The Morgan fingerprint density at radius 2 is 1.89 bits per heavy atom. The number of likely N-dealkylation sites (N-methyl/N-ethyl adjacent to an activating group) is 1. The number of nitrogens with zero attached hydrogens (tertiary/aromatic N) is 2. The molecule has 1 aromatic heterocycles. The summed E-state index contributed by atoms with van der Waals surface area (Å²) in [6.07, 6.45) is -3.62. The van der Waals surface area contributed by atoms with Crippen molar-refractivity contribution < 1.29 is 18.0 Å². The Balaban J connectivity index is 2.10. The van der Waals surface area contributed by atoms with Crippen molar-refractivity contribution in [2.75, 3.05) is 20.6 Å². The van der Waals surface area contributed by atoms with E-state index in [9.17, 15) is 22.8 Å². The van der Waals surface area contributed by atoms with Crippen LogP contribution in [0.25, 0.3) is 0 Å². The second-order valence-corrected chi connectivity index (χ2v) is 6.56. The van der Waals surface area contributed by atoms with Crippen LogP contribution in [0.5, 0.6) is 0 Å². The Kier molecular flexibility index (Phi) is 6.67. The van der Waals surface area contributed by atoms with Gasteiger partial charge in [0.2, 0.25) is 5.91 Å². The van der Waals surface area contributed by atoms with Gasteiger partial charge in [-0.25, -0.2) is 0 Å². The highest BCUT2D eigenvalue weighted by Gasteiger charge is 2.34. The number of hydrogen-bond acceptors (Lipinski definition) is 3. The maximum absolute atomic E-state index is 12.8. The van der Waals surface area contributed by atoms with E-state index in [1.165, 1.54) is 0 Å². The number of alkyl halides is 3. The van der Waals surface area contributed by atoms with Crippen LogP contribution in [0.2, 0.25) is 5.02 Å². The van der Waals surface area contributed by atoms with Crippen molar-refractivity contribution in [3.8, 4) is 0 Å². The first-order valence-electron chi connectivity index (χ1n) is 8.05. The average Bonchev–Trinajstić information content (AvgIpc) is 2.57. The zero-order valence-corrected chi connectivity index (χ0v) is 15.5. The van der Waals surface area contributed by atoms with Crippen LogP contribution in [0.1, 0.15) is 17.2 Å². The molecule has 0 fully saturated rings. The second-order valence-electron chi connectivity index (χ2n) is 6.16. The minimum atomic E-state index is -4.77. The topological polar surface area (TPSA) is 54.3 Å². The number of amides is 1. The molecular formula is C18H19ClF3N3O2. The molecule has 1 aromatic carbocycles. The van der Waals surface area contributed by atoms with Crippen molar-refractivity contribution in [2.45, 2.75) is 18.8 Å². The van der Waals surface area contributed by atoms with Gasteiger partial charge in [-0.2, -0.15) is 13.2 Å². The fourth-order valence-corrected chi connectivity index (χ4v) is 2.88. The van der Waals surface area contributed by atoms with Gasteiger partial charge in [0, 0.05) is 17.8 Å². The maximum atomic E-state index is 12.8. The predicted octanol–water partition coefficient (Wildman–Crippen LogP) is 2.94. The summed E-state index contributed by atoms with van der Waals surface area (Å²) in [5.41, 5.74) is -1.75. The van der Waals surface area contributed by atoms with Crippen LogP contribution in [-0.4, -0.2) is 36.0 Å². The quantitative estimate of drug-likeness (QED) is 0.809. The van der Waals surface area contributed by atoms with Crippen LogP contribution >= 0.6 is 11.6 Å². The lowest BCUT2D eigenvalue weighted by Crippen LogP contribution is -2.38. The van der Waals surface area contributed by atoms with E-state index in [1.54, 1.807) is 12.1 Å². The van der Waals surface area contributed by atoms with E-state index in [1.807, 2.05) is 31.1 Å². The summed E-state index contributed by atoms with van der Waals surface area (Å²) in [5, 5.41) is 3.18. The summed E-state index contributed by atoms with van der Waals surface area (Å²) in [4.78, 5) is 25.9. The number of carbonyl (C=O) groups is 1. The minimum Gasteiger partial charge on any atom is -0.353 e. The largest absolute Gasteiger partial charge is 0.421 e. The molecule has 1 heterocycles. The van der Waals surface area contributed by atoms with E-state index in [-0.39, 0.29) is 12.6 Å². The normalized spacial score (nSPS) is 12.9. The molecule has 0 aliphatic rings. The smallest absolute Gasteiger partial charge is 0.353 e. The van der Waals surface area contributed by atoms with Gasteiger partial charge >= 0.3 is 6.18 Å². The number of benzene rings is 1. The third-order valence-corrected chi connectivity index (χ3v) is 4.36. The van der Waals surface area contributed by atoms with Gasteiger partial charge < -0.3 is 14.8 Å². The number of hydrogen-bond donors (Lipinski definition) is 1. The highest BCUT2D eigenvalue weighted by molar-refractivity contribution is 6.31. The molecule has 0 bridgehead atoms. The lowest BCUT2D eigenvalue weighted by Gasteiger charge is -2.26. The van der Waals surface area contributed by atoms with Gasteiger partial charge in [0.25, 0.3) is 5.56 Å². The van der Waals surface area contributed by atoms with Crippen molar-refractivity contribution in [2.24, 2.45) is 0 Å². The maximum Gasteiger partial charge on any atom is 0.421 e. The first kappa shape index (κ1) is 21.0. The number of rotatable bonds is 6. The Hall–Kier alpha value is -2.32. The van der Waals surface area contributed by atoms with Gasteiger partial charge in [-0.1, -0.05) is 29.8 Å². The zero-order chi connectivity index (χ0) is 20.2. The summed E-state index contributed by atoms with van der Waals surface area (Å²) in [6.45, 7) is -0.325. The fourth-order valence-electron chi connectivity index (χ4n) is 2.61. The molecule has 5 nitrogen and oxygen atoms in total. The molecular weight excluding hydrogens is 383 g/mol. The van der Waals surface area contributed by atoms with E-state index in [4.69, 9.17) is 11.6 Å². The number of aromatic nitrogens is 1. The zero-order valence-electron chi connectivity index (χ0n) is 14.8. The van der Waals surface area contributed by atoms with E-state index >= 15 is 0 Å². The number of nitrogens with one attached hydrogen (secondary N) is 1. The molecule has 9 heteroatoms. The SMILES string of the molecule is CN(C)C(CNC(=O)Cn1cccc(C(F)(F)F)c1=O)c1ccccc1Cl. The molecule has 2 aromatic rings. The summed E-state index contributed by atoms with van der Waals surface area (Å²) < 4.78 is 39.1.